The lowest BCUT2D eigenvalue weighted by molar-refractivity contribution is 0.427. The first-order chi connectivity index (χ1) is 4.57. The standard InChI is InChI=1S/C9H19S/c1-5-9(10)8(4)6-7(2)3/h7-10H,1,5-6H2,2-4H3. The smallest absolute Gasteiger partial charge is 0.00425 e. The molecule has 0 bridgehead atoms. The molecule has 0 amide bonds. The number of thiol groups is 1. The van der Waals surface area contributed by atoms with E-state index in [9.17, 15) is 0 Å². The van der Waals surface area contributed by atoms with Gasteiger partial charge in [-0.15, -0.1) is 0 Å². The van der Waals surface area contributed by atoms with E-state index in [4.69, 9.17) is 0 Å². The summed E-state index contributed by atoms with van der Waals surface area (Å²) in [7, 11) is 0. The van der Waals surface area contributed by atoms with Crippen LogP contribution in [0.2, 0.25) is 0 Å². The zero-order chi connectivity index (χ0) is 8.15. The van der Waals surface area contributed by atoms with Crippen LogP contribution in [-0.2, 0) is 0 Å². The molecule has 61 valence electrons. The van der Waals surface area contributed by atoms with Crippen molar-refractivity contribution < 1.29 is 0 Å². The van der Waals surface area contributed by atoms with Crippen LogP contribution in [-0.4, -0.2) is 5.25 Å². The lowest BCUT2D eigenvalue weighted by Gasteiger charge is -2.18. The molecule has 0 saturated heterocycles. The van der Waals surface area contributed by atoms with E-state index in [1.54, 1.807) is 0 Å². The molecule has 0 rings (SSSR count). The first-order valence-electron chi connectivity index (χ1n) is 4.05. The summed E-state index contributed by atoms with van der Waals surface area (Å²) in [6, 6.07) is 0. The van der Waals surface area contributed by atoms with Crippen molar-refractivity contribution in [1.82, 2.24) is 0 Å². The fourth-order valence-corrected chi connectivity index (χ4v) is 1.31. The predicted molar refractivity (Wildman–Crippen MR) is 51.4 cm³/mol. The number of rotatable bonds is 4. The van der Waals surface area contributed by atoms with E-state index in [1.165, 1.54) is 6.42 Å². The lowest BCUT2D eigenvalue weighted by Crippen LogP contribution is -2.12. The Bertz CT molecular complexity index is 78.8. The summed E-state index contributed by atoms with van der Waals surface area (Å²) < 4.78 is 0. The normalized spacial score (nSPS) is 17.4. The Balaban J connectivity index is 3.50. The summed E-state index contributed by atoms with van der Waals surface area (Å²) in [5, 5.41) is 0.488. The molecule has 1 radical (unpaired) electrons. The molecule has 0 nitrogen and oxygen atoms in total. The van der Waals surface area contributed by atoms with Crippen molar-refractivity contribution in [3.8, 4) is 0 Å². The highest BCUT2D eigenvalue weighted by Crippen LogP contribution is 2.20. The van der Waals surface area contributed by atoms with Gasteiger partial charge in [0, 0.05) is 5.25 Å². The Labute approximate surface area is 70.8 Å². The summed E-state index contributed by atoms with van der Waals surface area (Å²) in [4.78, 5) is 0. The third-order valence-electron chi connectivity index (χ3n) is 1.80. The molecule has 0 aliphatic heterocycles. The van der Waals surface area contributed by atoms with E-state index < -0.39 is 0 Å². The maximum absolute atomic E-state index is 4.44. The van der Waals surface area contributed by atoms with E-state index in [0.717, 1.165) is 12.3 Å². The second-order valence-electron chi connectivity index (χ2n) is 3.46. The van der Waals surface area contributed by atoms with Crippen molar-refractivity contribution in [3.05, 3.63) is 6.92 Å². The van der Waals surface area contributed by atoms with Crippen molar-refractivity contribution in [1.29, 1.82) is 0 Å². The van der Waals surface area contributed by atoms with Gasteiger partial charge in [-0.3, -0.25) is 0 Å². The van der Waals surface area contributed by atoms with Crippen molar-refractivity contribution in [2.24, 2.45) is 11.8 Å². The Morgan fingerprint density at radius 2 is 1.80 bits per heavy atom. The second kappa shape index (κ2) is 5.06. The zero-order valence-electron chi connectivity index (χ0n) is 7.30. The SMILES string of the molecule is [CH2]CC(S)C(C)CC(C)C. The first kappa shape index (κ1) is 10.3. The molecule has 2 atom stereocenters. The largest absolute Gasteiger partial charge is 0.176 e. The van der Waals surface area contributed by atoms with Gasteiger partial charge in [-0.05, 0) is 24.7 Å². The van der Waals surface area contributed by atoms with Crippen molar-refractivity contribution >= 4 is 12.6 Å². The summed E-state index contributed by atoms with van der Waals surface area (Å²) >= 11 is 4.44. The molecule has 0 aliphatic carbocycles. The molecule has 0 aromatic heterocycles. The molecule has 10 heavy (non-hydrogen) atoms. The maximum atomic E-state index is 4.44. The van der Waals surface area contributed by atoms with Crippen LogP contribution in [0.25, 0.3) is 0 Å². The van der Waals surface area contributed by atoms with E-state index in [0.29, 0.717) is 11.2 Å². The molecule has 0 aromatic carbocycles. The molecular formula is C9H19S. The minimum Gasteiger partial charge on any atom is -0.176 e. The highest BCUT2D eigenvalue weighted by Gasteiger charge is 2.11. The average Bonchev–Trinajstić information content (AvgIpc) is 1.85. The summed E-state index contributed by atoms with van der Waals surface area (Å²) in [5.41, 5.74) is 0. The molecule has 0 spiro atoms. The Morgan fingerprint density at radius 1 is 1.30 bits per heavy atom. The van der Waals surface area contributed by atoms with Crippen LogP contribution in [0, 0.1) is 18.8 Å². The minimum absolute atomic E-state index is 0.488. The summed E-state index contributed by atoms with van der Waals surface area (Å²) in [6.45, 7) is 10.6. The van der Waals surface area contributed by atoms with Gasteiger partial charge in [0.15, 0.2) is 0 Å². The monoisotopic (exact) mass is 159 g/mol. The van der Waals surface area contributed by atoms with Gasteiger partial charge >= 0.3 is 0 Å². The van der Waals surface area contributed by atoms with E-state index in [1.807, 2.05) is 0 Å². The van der Waals surface area contributed by atoms with Crippen LogP contribution in [0.5, 0.6) is 0 Å². The van der Waals surface area contributed by atoms with Gasteiger partial charge in [-0.1, -0.05) is 27.7 Å². The van der Waals surface area contributed by atoms with Crippen molar-refractivity contribution in [3.63, 3.8) is 0 Å². The molecule has 0 N–H and O–H groups in total. The third-order valence-corrected chi connectivity index (χ3v) is 2.56. The number of hydrogen-bond donors (Lipinski definition) is 1. The van der Waals surface area contributed by atoms with E-state index >= 15 is 0 Å². The van der Waals surface area contributed by atoms with Gasteiger partial charge in [-0.25, -0.2) is 0 Å². The molecule has 0 aliphatic rings. The third kappa shape index (κ3) is 4.21. The summed E-state index contributed by atoms with van der Waals surface area (Å²) in [6.07, 6.45) is 2.21. The van der Waals surface area contributed by atoms with E-state index in [-0.39, 0.29) is 0 Å². The quantitative estimate of drug-likeness (QED) is 0.598. The van der Waals surface area contributed by atoms with Gasteiger partial charge in [0.1, 0.15) is 0 Å². The van der Waals surface area contributed by atoms with Gasteiger partial charge in [0.25, 0.3) is 0 Å². The van der Waals surface area contributed by atoms with Crippen LogP contribution in [0.3, 0.4) is 0 Å². The average molecular weight is 159 g/mol. The molecule has 0 fully saturated rings. The molecule has 0 heterocycles. The van der Waals surface area contributed by atoms with Gasteiger partial charge in [-0.2, -0.15) is 12.6 Å². The molecule has 0 saturated carbocycles. The Hall–Kier alpha value is 0.350. The van der Waals surface area contributed by atoms with Crippen LogP contribution < -0.4 is 0 Å². The van der Waals surface area contributed by atoms with Crippen molar-refractivity contribution in [2.45, 2.75) is 38.9 Å². The molecule has 1 heteroatoms. The van der Waals surface area contributed by atoms with Crippen LogP contribution in [0.15, 0.2) is 0 Å². The van der Waals surface area contributed by atoms with Crippen molar-refractivity contribution in [2.75, 3.05) is 0 Å². The predicted octanol–water partition coefficient (Wildman–Crippen LogP) is 3.19. The lowest BCUT2D eigenvalue weighted by atomic mass is 9.95. The minimum atomic E-state index is 0.488. The molecule has 0 aromatic rings. The topological polar surface area (TPSA) is 0 Å². The van der Waals surface area contributed by atoms with Gasteiger partial charge in [0.2, 0.25) is 0 Å². The summed E-state index contributed by atoms with van der Waals surface area (Å²) in [5.74, 6) is 1.50. The van der Waals surface area contributed by atoms with Gasteiger partial charge < -0.3 is 0 Å². The number of hydrogen-bond acceptors (Lipinski definition) is 1. The highest BCUT2D eigenvalue weighted by molar-refractivity contribution is 7.81. The van der Waals surface area contributed by atoms with Crippen LogP contribution in [0.4, 0.5) is 0 Å². The Kier molecular flexibility index (Phi) is 5.24. The fraction of sp³-hybridized carbons (Fsp3) is 0.889. The second-order valence-corrected chi connectivity index (χ2v) is 4.13. The molecular weight excluding hydrogens is 140 g/mol. The highest BCUT2D eigenvalue weighted by atomic mass is 32.1. The maximum Gasteiger partial charge on any atom is 0.00425 e. The van der Waals surface area contributed by atoms with E-state index in [2.05, 4.69) is 40.3 Å². The van der Waals surface area contributed by atoms with Crippen LogP contribution >= 0.6 is 12.6 Å². The Morgan fingerprint density at radius 3 is 2.10 bits per heavy atom. The first-order valence-corrected chi connectivity index (χ1v) is 4.56. The van der Waals surface area contributed by atoms with Crippen LogP contribution in [0.1, 0.15) is 33.6 Å². The molecule has 2 unspecified atom stereocenters. The van der Waals surface area contributed by atoms with Gasteiger partial charge in [0.05, 0.1) is 0 Å². The fourth-order valence-electron chi connectivity index (χ4n) is 1.19. The zero-order valence-corrected chi connectivity index (χ0v) is 8.20.